The monoisotopic (exact) mass is 376 g/mol. The quantitative estimate of drug-likeness (QED) is 0.665. The van der Waals surface area contributed by atoms with Gasteiger partial charge in [0.1, 0.15) is 0 Å². The van der Waals surface area contributed by atoms with E-state index < -0.39 is 0 Å². The number of carbonyl (C=O) groups is 2. The molecular formula is C22H24N4O2. The van der Waals surface area contributed by atoms with Gasteiger partial charge in [-0.05, 0) is 61.2 Å². The predicted octanol–water partition coefficient (Wildman–Crippen LogP) is 2.58. The molecule has 0 unspecified atom stereocenters. The number of aryl methyl sites for hydroxylation is 2. The van der Waals surface area contributed by atoms with Gasteiger partial charge in [0.05, 0.1) is 18.4 Å². The van der Waals surface area contributed by atoms with E-state index in [0.717, 1.165) is 22.4 Å². The lowest BCUT2D eigenvalue weighted by Crippen LogP contribution is -2.37. The number of amides is 2. The molecule has 0 atom stereocenters. The molecule has 6 heteroatoms. The van der Waals surface area contributed by atoms with E-state index in [1.165, 1.54) is 0 Å². The van der Waals surface area contributed by atoms with Gasteiger partial charge in [0.25, 0.3) is 5.91 Å². The van der Waals surface area contributed by atoms with E-state index in [-0.39, 0.29) is 18.4 Å². The maximum atomic E-state index is 12.1. The topological polar surface area (TPSA) is 76.0 Å². The Bertz CT molecular complexity index is 964. The normalized spacial score (nSPS) is 10.5. The van der Waals surface area contributed by atoms with Crippen LogP contribution >= 0.6 is 0 Å². The van der Waals surface area contributed by atoms with Crippen molar-refractivity contribution in [3.05, 3.63) is 83.2 Å². The molecule has 2 aromatic carbocycles. The lowest BCUT2D eigenvalue weighted by molar-refractivity contribution is -0.120. The Morgan fingerprint density at radius 3 is 2.54 bits per heavy atom. The van der Waals surface area contributed by atoms with E-state index in [9.17, 15) is 9.59 Å². The van der Waals surface area contributed by atoms with Crippen LogP contribution < -0.4 is 10.6 Å². The second kappa shape index (κ2) is 8.99. The molecule has 1 aromatic heterocycles. The van der Waals surface area contributed by atoms with Crippen molar-refractivity contribution >= 4 is 11.8 Å². The molecule has 1 heterocycles. The van der Waals surface area contributed by atoms with Crippen molar-refractivity contribution in [1.82, 2.24) is 20.4 Å². The van der Waals surface area contributed by atoms with Crippen molar-refractivity contribution in [2.75, 3.05) is 13.1 Å². The van der Waals surface area contributed by atoms with Gasteiger partial charge in [0.15, 0.2) is 0 Å². The fourth-order valence-corrected chi connectivity index (χ4v) is 2.77. The van der Waals surface area contributed by atoms with Crippen molar-refractivity contribution in [3.63, 3.8) is 0 Å². The fourth-order valence-electron chi connectivity index (χ4n) is 2.77. The molecule has 3 aromatic rings. The third-order valence-corrected chi connectivity index (χ3v) is 4.57. The Hall–Kier alpha value is -3.41. The second-order valence-corrected chi connectivity index (χ2v) is 6.71. The molecule has 0 fully saturated rings. The summed E-state index contributed by atoms with van der Waals surface area (Å²) >= 11 is 0. The number of hydrogen-bond acceptors (Lipinski definition) is 3. The molecule has 144 valence electrons. The number of hydrogen-bond donors (Lipinski definition) is 2. The number of aromatic nitrogens is 2. The third-order valence-electron chi connectivity index (χ3n) is 4.57. The first-order valence-electron chi connectivity index (χ1n) is 9.24. The summed E-state index contributed by atoms with van der Waals surface area (Å²) in [4.78, 5) is 24.1. The van der Waals surface area contributed by atoms with Crippen LogP contribution in [0.2, 0.25) is 0 Å². The Morgan fingerprint density at radius 2 is 1.79 bits per heavy atom. The molecule has 0 saturated heterocycles. The molecule has 28 heavy (non-hydrogen) atoms. The highest BCUT2D eigenvalue weighted by atomic mass is 16.2. The molecule has 0 radical (unpaired) electrons. The van der Waals surface area contributed by atoms with Crippen molar-refractivity contribution in [2.45, 2.75) is 20.3 Å². The number of nitrogens with zero attached hydrogens (tertiary/aromatic N) is 2. The van der Waals surface area contributed by atoms with Gasteiger partial charge < -0.3 is 10.6 Å². The summed E-state index contributed by atoms with van der Waals surface area (Å²) in [5.41, 5.74) is 4.76. The molecule has 2 amide bonds. The fraction of sp³-hybridized carbons (Fsp3) is 0.227. The molecule has 0 aliphatic rings. The van der Waals surface area contributed by atoms with Gasteiger partial charge in [0, 0.05) is 18.3 Å². The summed E-state index contributed by atoms with van der Waals surface area (Å²) in [5, 5.41) is 9.81. The highest BCUT2D eigenvalue weighted by molar-refractivity contribution is 5.96. The second-order valence-electron chi connectivity index (χ2n) is 6.71. The minimum Gasteiger partial charge on any atom is -0.354 e. The van der Waals surface area contributed by atoms with Crippen LogP contribution in [-0.4, -0.2) is 34.7 Å². The summed E-state index contributed by atoms with van der Waals surface area (Å²) < 4.78 is 1.81. The molecular weight excluding hydrogens is 352 g/mol. The lowest BCUT2D eigenvalue weighted by Gasteiger charge is -2.08. The maximum Gasteiger partial charge on any atom is 0.251 e. The zero-order valence-electron chi connectivity index (χ0n) is 16.1. The number of para-hydroxylation sites is 1. The molecule has 0 bridgehead atoms. The molecule has 3 rings (SSSR count). The zero-order chi connectivity index (χ0) is 19.9. The van der Waals surface area contributed by atoms with Gasteiger partial charge in [-0.3, -0.25) is 9.59 Å². The smallest absolute Gasteiger partial charge is 0.251 e. The first-order valence-corrected chi connectivity index (χ1v) is 9.24. The van der Waals surface area contributed by atoms with E-state index in [1.54, 1.807) is 16.9 Å². The molecule has 0 saturated carbocycles. The van der Waals surface area contributed by atoms with Crippen LogP contribution in [0, 0.1) is 13.8 Å². The van der Waals surface area contributed by atoms with Gasteiger partial charge >= 0.3 is 0 Å². The number of benzene rings is 2. The predicted molar refractivity (Wildman–Crippen MR) is 109 cm³/mol. The Morgan fingerprint density at radius 1 is 1.00 bits per heavy atom. The Labute approximate surface area is 164 Å². The summed E-state index contributed by atoms with van der Waals surface area (Å²) in [7, 11) is 0. The largest absolute Gasteiger partial charge is 0.354 e. The standard InChI is InChI=1S/C22H24N4O2/c1-16-8-9-19(12-17(16)2)22(28)24-14-21(27)23-11-10-18-13-25-26(15-18)20-6-4-3-5-7-20/h3-9,12-13,15H,10-11,14H2,1-2H3,(H,23,27)(H,24,28). The molecule has 2 N–H and O–H groups in total. The summed E-state index contributed by atoms with van der Waals surface area (Å²) in [6, 6.07) is 15.3. The van der Waals surface area contributed by atoms with E-state index >= 15 is 0 Å². The average molecular weight is 376 g/mol. The zero-order valence-corrected chi connectivity index (χ0v) is 16.1. The molecule has 0 spiro atoms. The SMILES string of the molecule is Cc1ccc(C(=O)NCC(=O)NCCc2cnn(-c3ccccc3)c2)cc1C. The van der Waals surface area contributed by atoms with Crippen LogP contribution in [0.3, 0.4) is 0 Å². The van der Waals surface area contributed by atoms with Crippen LogP contribution in [0.1, 0.15) is 27.0 Å². The minimum absolute atomic E-state index is 0.0466. The Kier molecular flexibility index (Phi) is 6.22. The first kappa shape index (κ1) is 19.4. The van der Waals surface area contributed by atoms with Crippen molar-refractivity contribution in [3.8, 4) is 5.69 Å². The van der Waals surface area contributed by atoms with Crippen LogP contribution in [0.4, 0.5) is 0 Å². The van der Waals surface area contributed by atoms with Gasteiger partial charge in [-0.2, -0.15) is 5.10 Å². The number of carbonyl (C=O) groups excluding carboxylic acids is 2. The Balaban J connectivity index is 1.42. The minimum atomic E-state index is -0.248. The van der Waals surface area contributed by atoms with E-state index in [2.05, 4.69) is 15.7 Å². The van der Waals surface area contributed by atoms with E-state index in [0.29, 0.717) is 18.5 Å². The molecule has 0 aliphatic heterocycles. The molecule has 6 nitrogen and oxygen atoms in total. The van der Waals surface area contributed by atoms with Crippen LogP contribution in [-0.2, 0) is 11.2 Å². The van der Waals surface area contributed by atoms with Gasteiger partial charge in [-0.15, -0.1) is 0 Å². The summed E-state index contributed by atoms with van der Waals surface area (Å²) in [5.74, 6) is -0.463. The summed E-state index contributed by atoms with van der Waals surface area (Å²) in [6.45, 7) is 4.39. The highest BCUT2D eigenvalue weighted by Crippen LogP contribution is 2.10. The van der Waals surface area contributed by atoms with Crippen LogP contribution in [0.15, 0.2) is 60.9 Å². The lowest BCUT2D eigenvalue weighted by atomic mass is 10.1. The van der Waals surface area contributed by atoms with Crippen molar-refractivity contribution in [2.24, 2.45) is 0 Å². The number of nitrogens with one attached hydrogen (secondary N) is 2. The van der Waals surface area contributed by atoms with Gasteiger partial charge in [0.2, 0.25) is 5.91 Å². The van der Waals surface area contributed by atoms with Crippen LogP contribution in [0.25, 0.3) is 5.69 Å². The third kappa shape index (κ3) is 5.07. The van der Waals surface area contributed by atoms with Crippen molar-refractivity contribution < 1.29 is 9.59 Å². The molecule has 0 aliphatic carbocycles. The highest BCUT2D eigenvalue weighted by Gasteiger charge is 2.09. The van der Waals surface area contributed by atoms with Crippen molar-refractivity contribution in [1.29, 1.82) is 0 Å². The van der Waals surface area contributed by atoms with Gasteiger partial charge in [-0.1, -0.05) is 24.3 Å². The maximum absolute atomic E-state index is 12.1. The van der Waals surface area contributed by atoms with E-state index in [1.807, 2.05) is 62.5 Å². The first-order chi connectivity index (χ1) is 13.5. The summed E-state index contributed by atoms with van der Waals surface area (Å²) in [6.07, 6.45) is 4.41. The number of rotatable bonds is 7. The van der Waals surface area contributed by atoms with E-state index in [4.69, 9.17) is 0 Å². The van der Waals surface area contributed by atoms with Crippen LogP contribution in [0.5, 0.6) is 0 Å². The van der Waals surface area contributed by atoms with Gasteiger partial charge in [-0.25, -0.2) is 4.68 Å². The average Bonchev–Trinajstić information content (AvgIpc) is 3.18.